The predicted molar refractivity (Wildman–Crippen MR) is 84.6 cm³/mol. The first-order chi connectivity index (χ1) is 10.6. The van der Waals surface area contributed by atoms with Crippen LogP contribution in [0.15, 0.2) is 24.5 Å². The van der Waals surface area contributed by atoms with Crippen molar-refractivity contribution in [2.75, 3.05) is 6.61 Å². The molecule has 0 spiro atoms. The second kappa shape index (κ2) is 6.02. The van der Waals surface area contributed by atoms with E-state index < -0.39 is 0 Å². The molecule has 0 bridgehead atoms. The van der Waals surface area contributed by atoms with Crippen LogP contribution in [0, 0.1) is 12.8 Å². The number of amides is 1. The number of aliphatic hydroxyl groups is 1. The lowest BCUT2D eigenvalue weighted by atomic mass is 10.1. The first-order valence-electron chi connectivity index (χ1n) is 7.13. The second-order valence-electron chi connectivity index (χ2n) is 5.48. The number of nitrogens with one attached hydrogen (secondary N) is 1. The molecule has 0 unspecified atom stereocenters. The minimum atomic E-state index is -0.113. The fourth-order valence-corrected chi connectivity index (χ4v) is 3.46. The third-order valence-electron chi connectivity index (χ3n) is 3.68. The molecule has 1 amide bonds. The van der Waals surface area contributed by atoms with Crippen molar-refractivity contribution in [2.45, 2.75) is 19.4 Å². The monoisotopic (exact) mass is 318 g/mol. The SMILES string of the molecule is Cc1nc(-c2cnn(C)c2)sc1C(=O)N[C@@H]1C=C[C@H](CO)C1. The summed E-state index contributed by atoms with van der Waals surface area (Å²) < 4.78 is 1.71. The molecule has 116 valence electrons. The molecule has 0 radical (unpaired) electrons. The molecule has 0 saturated heterocycles. The number of aryl methyl sites for hydroxylation is 2. The van der Waals surface area contributed by atoms with E-state index in [4.69, 9.17) is 5.11 Å². The Morgan fingerprint density at radius 2 is 2.36 bits per heavy atom. The van der Waals surface area contributed by atoms with Crippen LogP contribution in [-0.4, -0.2) is 38.4 Å². The standard InChI is InChI=1S/C15H18N4O2S/c1-9-13(14(21)18-12-4-3-10(5-12)8-20)22-15(17-9)11-6-16-19(2)7-11/h3-4,6-7,10,12,20H,5,8H2,1-2H3,(H,18,21)/t10-,12+/m0/s1. The molecular weight excluding hydrogens is 300 g/mol. The number of carbonyl (C=O) groups is 1. The van der Waals surface area contributed by atoms with Crippen LogP contribution in [-0.2, 0) is 7.05 Å². The lowest BCUT2D eigenvalue weighted by molar-refractivity contribution is 0.0944. The summed E-state index contributed by atoms with van der Waals surface area (Å²) >= 11 is 1.37. The maximum Gasteiger partial charge on any atom is 0.263 e. The fraction of sp³-hybridized carbons (Fsp3) is 0.400. The molecule has 0 saturated carbocycles. The average molecular weight is 318 g/mol. The van der Waals surface area contributed by atoms with Gasteiger partial charge < -0.3 is 10.4 Å². The highest BCUT2D eigenvalue weighted by Gasteiger charge is 2.23. The topological polar surface area (TPSA) is 80.0 Å². The van der Waals surface area contributed by atoms with E-state index in [1.807, 2.05) is 32.3 Å². The number of thiazole rings is 1. The zero-order chi connectivity index (χ0) is 15.7. The van der Waals surface area contributed by atoms with E-state index in [-0.39, 0.29) is 24.5 Å². The number of carbonyl (C=O) groups excluding carboxylic acids is 1. The van der Waals surface area contributed by atoms with Gasteiger partial charge in [-0.2, -0.15) is 5.10 Å². The summed E-state index contributed by atoms with van der Waals surface area (Å²) in [4.78, 5) is 17.5. The van der Waals surface area contributed by atoms with Gasteiger partial charge in [0.1, 0.15) is 9.88 Å². The molecule has 2 aromatic rings. The van der Waals surface area contributed by atoms with E-state index in [0.29, 0.717) is 4.88 Å². The largest absolute Gasteiger partial charge is 0.396 e. The zero-order valence-electron chi connectivity index (χ0n) is 12.5. The van der Waals surface area contributed by atoms with Crippen molar-refractivity contribution in [2.24, 2.45) is 13.0 Å². The molecule has 2 heterocycles. The van der Waals surface area contributed by atoms with Crippen LogP contribution in [0.5, 0.6) is 0 Å². The summed E-state index contributed by atoms with van der Waals surface area (Å²) in [5.41, 5.74) is 1.64. The molecular formula is C15H18N4O2S. The lowest BCUT2D eigenvalue weighted by Gasteiger charge is -2.11. The van der Waals surface area contributed by atoms with Crippen molar-refractivity contribution >= 4 is 17.2 Å². The van der Waals surface area contributed by atoms with E-state index in [1.165, 1.54) is 11.3 Å². The second-order valence-corrected chi connectivity index (χ2v) is 6.48. The third-order valence-corrected chi connectivity index (χ3v) is 4.88. The molecule has 22 heavy (non-hydrogen) atoms. The van der Waals surface area contributed by atoms with Crippen LogP contribution in [0.1, 0.15) is 21.8 Å². The van der Waals surface area contributed by atoms with Crippen molar-refractivity contribution < 1.29 is 9.90 Å². The van der Waals surface area contributed by atoms with Crippen molar-refractivity contribution in [3.63, 3.8) is 0 Å². The molecule has 2 N–H and O–H groups in total. The molecule has 1 aliphatic carbocycles. The molecule has 3 rings (SSSR count). The van der Waals surface area contributed by atoms with Gasteiger partial charge in [0.15, 0.2) is 0 Å². The van der Waals surface area contributed by atoms with Crippen LogP contribution >= 0.6 is 11.3 Å². The Labute approximate surface area is 132 Å². The van der Waals surface area contributed by atoms with Crippen LogP contribution in [0.3, 0.4) is 0 Å². The first-order valence-corrected chi connectivity index (χ1v) is 7.95. The van der Waals surface area contributed by atoms with E-state index in [9.17, 15) is 4.79 Å². The fourth-order valence-electron chi connectivity index (χ4n) is 2.51. The Morgan fingerprint density at radius 1 is 1.55 bits per heavy atom. The molecule has 2 atom stereocenters. The first kappa shape index (κ1) is 14.9. The summed E-state index contributed by atoms with van der Waals surface area (Å²) in [5, 5.41) is 17.0. The number of rotatable bonds is 4. The highest BCUT2D eigenvalue weighted by molar-refractivity contribution is 7.17. The average Bonchev–Trinajstić information content (AvgIpc) is 3.18. The van der Waals surface area contributed by atoms with Gasteiger partial charge in [-0.15, -0.1) is 11.3 Å². The number of hydrogen-bond acceptors (Lipinski definition) is 5. The van der Waals surface area contributed by atoms with Gasteiger partial charge in [0.05, 0.1) is 11.9 Å². The number of aliphatic hydroxyl groups excluding tert-OH is 1. The van der Waals surface area contributed by atoms with Gasteiger partial charge in [-0.25, -0.2) is 4.98 Å². The molecule has 0 aromatic carbocycles. The van der Waals surface area contributed by atoms with Gasteiger partial charge in [-0.3, -0.25) is 9.48 Å². The van der Waals surface area contributed by atoms with Gasteiger partial charge in [-0.1, -0.05) is 12.2 Å². The van der Waals surface area contributed by atoms with E-state index in [1.54, 1.807) is 10.9 Å². The van der Waals surface area contributed by atoms with Crippen LogP contribution < -0.4 is 5.32 Å². The van der Waals surface area contributed by atoms with Gasteiger partial charge in [0, 0.05) is 37.4 Å². The van der Waals surface area contributed by atoms with Gasteiger partial charge in [0.25, 0.3) is 5.91 Å². The van der Waals surface area contributed by atoms with Gasteiger partial charge in [0.2, 0.25) is 0 Å². The number of hydrogen-bond donors (Lipinski definition) is 2. The highest BCUT2D eigenvalue weighted by Crippen LogP contribution is 2.28. The summed E-state index contributed by atoms with van der Waals surface area (Å²) in [5.74, 6) is 0.0252. The van der Waals surface area contributed by atoms with E-state index in [0.717, 1.165) is 22.7 Å². The number of aromatic nitrogens is 3. The van der Waals surface area contributed by atoms with Crippen molar-refractivity contribution in [1.29, 1.82) is 0 Å². The summed E-state index contributed by atoms with van der Waals surface area (Å²) in [6, 6.07) is -0.0204. The maximum absolute atomic E-state index is 12.4. The van der Waals surface area contributed by atoms with Crippen LogP contribution in [0.4, 0.5) is 0 Å². The molecule has 0 fully saturated rings. The van der Waals surface area contributed by atoms with Crippen LogP contribution in [0.25, 0.3) is 10.6 Å². The van der Waals surface area contributed by atoms with Crippen molar-refractivity contribution in [1.82, 2.24) is 20.1 Å². The normalized spacial score (nSPS) is 20.5. The Balaban J connectivity index is 1.73. The lowest BCUT2D eigenvalue weighted by Crippen LogP contribution is -2.32. The smallest absolute Gasteiger partial charge is 0.263 e. The van der Waals surface area contributed by atoms with Crippen molar-refractivity contribution in [3.8, 4) is 10.6 Å². The zero-order valence-corrected chi connectivity index (χ0v) is 13.3. The third kappa shape index (κ3) is 2.95. The minimum Gasteiger partial charge on any atom is -0.396 e. The summed E-state index contributed by atoms with van der Waals surface area (Å²) in [7, 11) is 1.85. The predicted octanol–water partition coefficient (Wildman–Crippen LogP) is 1.52. The Hall–Kier alpha value is -1.99. The van der Waals surface area contributed by atoms with Gasteiger partial charge >= 0.3 is 0 Å². The number of nitrogens with zero attached hydrogens (tertiary/aromatic N) is 3. The van der Waals surface area contributed by atoms with Gasteiger partial charge in [-0.05, 0) is 13.3 Å². The van der Waals surface area contributed by atoms with Crippen molar-refractivity contribution in [3.05, 3.63) is 35.1 Å². The minimum absolute atomic E-state index is 0.0204. The molecule has 0 aliphatic heterocycles. The highest BCUT2D eigenvalue weighted by atomic mass is 32.1. The van der Waals surface area contributed by atoms with Crippen LogP contribution in [0.2, 0.25) is 0 Å². The van der Waals surface area contributed by atoms with E-state index in [2.05, 4.69) is 15.4 Å². The Morgan fingerprint density at radius 3 is 3.00 bits per heavy atom. The Kier molecular flexibility index (Phi) is 4.08. The molecule has 7 heteroatoms. The maximum atomic E-state index is 12.4. The molecule has 2 aromatic heterocycles. The molecule has 1 aliphatic rings. The van der Waals surface area contributed by atoms with E-state index >= 15 is 0 Å². The molecule has 6 nitrogen and oxygen atoms in total. The summed E-state index contributed by atoms with van der Waals surface area (Å²) in [6.07, 6.45) is 8.26. The Bertz CT molecular complexity index is 719. The quantitative estimate of drug-likeness (QED) is 0.838. The summed E-state index contributed by atoms with van der Waals surface area (Å²) in [6.45, 7) is 1.96.